The van der Waals surface area contributed by atoms with E-state index in [0.717, 1.165) is 11.1 Å². The van der Waals surface area contributed by atoms with Crippen molar-refractivity contribution in [1.29, 1.82) is 0 Å². The number of para-hydroxylation sites is 1. The van der Waals surface area contributed by atoms with Gasteiger partial charge in [0.2, 0.25) is 5.91 Å². The molecule has 0 aliphatic carbocycles. The Hall–Kier alpha value is -3.98. The molecule has 0 saturated heterocycles. The highest BCUT2D eigenvalue weighted by Gasteiger charge is 2.35. The van der Waals surface area contributed by atoms with Crippen LogP contribution < -0.4 is 10.2 Å². The molecule has 9 heteroatoms. The van der Waals surface area contributed by atoms with Gasteiger partial charge in [-0.15, -0.1) is 5.10 Å². The van der Waals surface area contributed by atoms with Gasteiger partial charge in [-0.2, -0.15) is 0 Å². The number of aromatic nitrogens is 3. The number of ether oxygens (including phenoxy) is 1. The van der Waals surface area contributed by atoms with Gasteiger partial charge in [0.05, 0.1) is 12.1 Å². The van der Waals surface area contributed by atoms with Crippen molar-refractivity contribution < 1.29 is 18.7 Å². The summed E-state index contributed by atoms with van der Waals surface area (Å²) in [7, 11) is 1.56. The highest BCUT2D eigenvalue weighted by atomic mass is 16.5. The normalized spacial score (nSPS) is 12.0. The van der Waals surface area contributed by atoms with E-state index in [4.69, 9.17) is 9.15 Å². The highest BCUT2D eigenvalue weighted by molar-refractivity contribution is 6.01. The second-order valence-corrected chi connectivity index (χ2v) is 7.97. The van der Waals surface area contributed by atoms with Gasteiger partial charge in [0.25, 0.3) is 5.91 Å². The number of anilines is 1. The molecule has 176 valence electrons. The number of rotatable bonds is 9. The predicted octanol–water partition coefficient (Wildman–Crippen LogP) is 3.18. The van der Waals surface area contributed by atoms with Gasteiger partial charge >= 0.3 is 0 Å². The van der Waals surface area contributed by atoms with Gasteiger partial charge < -0.3 is 14.5 Å². The third-order valence-electron chi connectivity index (χ3n) is 5.40. The van der Waals surface area contributed by atoms with E-state index >= 15 is 0 Å². The van der Waals surface area contributed by atoms with Crippen molar-refractivity contribution in [2.45, 2.75) is 26.4 Å². The lowest BCUT2D eigenvalue weighted by Gasteiger charge is -2.30. The van der Waals surface area contributed by atoms with E-state index in [-0.39, 0.29) is 18.4 Å². The molecule has 0 spiro atoms. The van der Waals surface area contributed by atoms with Gasteiger partial charge in [0, 0.05) is 19.3 Å². The van der Waals surface area contributed by atoms with Gasteiger partial charge in [0.1, 0.15) is 23.6 Å². The quantitative estimate of drug-likeness (QED) is 0.384. The lowest BCUT2D eigenvalue weighted by atomic mass is 10.1. The predicted molar refractivity (Wildman–Crippen MR) is 127 cm³/mol. The molecule has 2 aromatic carbocycles. The van der Waals surface area contributed by atoms with Gasteiger partial charge in [-0.25, -0.2) is 4.68 Å². The molecule has 4 rings (SSSR count). The fourth-order valence-corrected chi connectivity index (χ4v) is 3.80. The molecule has 0 aliphatic rings. The molecule has 9 nitrogen and oxygen atoms in total. The maximum Gasteiger partial charge on any atom is 0.251 e. The summed E-state index contributed by atoms with van der Waals surface area (Å²) >= 11 is 0. The molecule has 1 N–H and O–H groups in total. The Bertz CT molecular complexity index is 1300. The van der Waals surface area contributed by atoms with Crippen LogP contribution in [0, 0.1) is 13.8 Å². The summed E-state index contributed by atoms with van der Waals surface area (Å²) in [5.74, 6) is 0.307. The standard InChI is InChI=1S/C25H27N5O4/c1-17-7-6-8-19(15-17)30(23(31)16-29-21-10-5-4-9-20(21)27-28-29)24(22-12-11-18(2)34-22)25(32)26-13-14-33-3/h4-12,15,24H,13-14,16H2,1-3H3,(H,26,32)/t24-/m1/s1. The molecular weight excluding hydrogens is 434 g/mol. The summed E-state index contributed by atoms with van der Waals surface area (Å²) in [5.41, 5.74) is 2.95. The van der Waals surface area contributed by atoms with E-state index in [1.54, 1.807) is 32.2 Å². The Labute approximate surface area is 197 Å². The SMILES string of the molecule is COCCNC(=O)[C@@H](c1ccc(C)o1)N(C(=O)Cn1nnc2ccccc21)c1cccc(C)c1. The monoisotopic (exact) mass is 461 g/mol. The molecule has 34 heavy (non-hydrogen) atoms. The van der Waals surface area contributed by atoms with Gasteiger partial charge in [-0.3, -0.25) is 14.5 Å². The number of fused-ring (bicyclic) bond motifs is 1. The molecule has 0 unspecified atom stereocenters. The summed E-state index contributed by atoms with van der Waals surface area (Å²) in [4.78, 5) is 28.7. The number of furan rings is 1. The topological polar surface area (TPSA) is 102 Å². The van der Waals surface area contributed by atoms with Crippen LogP contribution in [0.2, 0.25) is 0 Å². The third-order valence-corrected chi connectivity index (χ3v) is 5.40. The Balaban J connectivity index is 1.76. The number of carbonyl (C=O) groups is 2. The number of aryl methyl sites for hydroxylation is 2. The molecule has 0 saturated carbocycles. The maximum absolute atomic E-state index is 13.8. The van der Waals surface area contributed by atoms with Crippen molar-refractivity contribution in [2.24, 2.45) is 0 Å². The number of nitrogens with zero attached hydrogens (tertiary/aromatic N) is 4. The number of methoxy groups -OCH3 is 1. The fourth-order valence-electron chi connectivity index (χ4n) is 3.80. The van der Waals surface area contributed by atoms with Gasteiger partial charge in [0.15, 0.2) is 6.04 Å². The summed E-state index contributed by atoms with van der Waals surface area (Å²) in [6, 6.07) is 17.3. The maximum atomic E-state index is 13.8. The fraction of sp³-hybridized carbons (Fsp3) is 0.280. The zero-order chi connectivity index (χ0) is 24.1. The van der Waals surface area contributed by atoms with Gasteiger partial charge in [-0.1, -0.05) is 29.5 Å². The minimum absolute atomic E-state index is 0.101. The van der Waals surface area contributed by atoms with E-state index in [1.807, 2.05) is 49.4 Å². The molecule has 4 aromatic rings. The van der Waals surface area contributed by atoms with Crippen LogP contribution >= 0.6 is 0 Å². The molecular formula is C25H27N5O4. The summed E-state index contributed by atoms with van der Waals surface area (Å²) in [6.45, 7) is 4.27. The number of carbonyl (C=O) groups excluding carboxylic acids is 2. The Morgan fingerprint density at radius 1 is 1.12 bits per heavy atom. The van der Waals surface area contributed by atoms with E-state index in [9.17, 15) is 9.59 Å². The van der Waals surface area contributed by atoms with Crippen LogP contribution in [0.5, 0.6) is 0 Å². The Morgan fingerprint density at radius 3 is 2.68 bits per heavy atom. The van der Waals surface area contributed by atoms with Gasteiger partial charge in [-0.05, 0) is 55.8 Å². The van der Waals surface area contributed by atoms with Crippen LogP contribution in [0.4, 0.5) is 5.69 Å². The first-order valence-electron chi connectivity index (χ1n) is 11.0. The summed E-state index contributed by atoms with van der Waals surface area (Å²) in [5, 5.41) is 11.1. The number of amides is 2. The zero-order valence-corrected chi connectivity index (χ0v) is 19.4. The van der Waals surface area contributed by atoms with E-state index in [1.165, 1.54) is 9.58 Å². The molecule has 0 aliphatic heterocycles. The van der Waals surface area contributed by atoms with Crippen LogP contribution in [0.25, 0.3) is 11.0 Å². The number of hydrogen-bond donors (Lipinski definition) is 1. The van der Waals surface area contributed by atoms with Crippen LogP contribution in [0.1, 0.15) is 23.1 Å². The third kappa shape index (κ3) is 4.99. The van der Waals surface area contributed by atoms with Crippen molar-refractivity contribution in [3.05, 3.63) is 77.7 Å². The van der Waals surface area contributed by atoms with Crippen molar-refractivity contribution in [3.63, 3.8) is 0 Å². The second kappa shape index (κ2) is 10.3. The second-order valence-electron chi connectivity index (χ2n) is 7.97. The molecule has 2 amide bonds. The van der Waals surface area contributed by atoms with Crippen LogP contribution in [0.15, 0.2) is 65.1 Å². The molecule has 2 aromatic heterocycles. The van der Waals surface area contributed by atoms with E-state index in [0.29, 0.717) is 35.9 Å². The molecule has 0 radical (unpaired) electrons. The largest absolute Gasteiger partial charge is 0.464 e. The van der Waals surface area contributed by atoms with E-state index < -0.39 is 6.04 Å². The van der Waals surface area contributed by atoms with Crippen molar-refractivity contribution >= 4 is 28.5 Å². The molecule has 2 heterocycles. The number of hydrogen-bond acceptors (Lipinski definition) is 6. The number of nitrogens with one attached hydrogen (secondary N) is 1. The average molecular weight is 462 g/mol. The zero-order valence-electron chi connectivity index (χ0n) is 19.4. The minimum Gasteiger partial charge on any atom is -0.464 e. The minimum atomic E-state index is -1.02. The van der Waals surface area contributed by atoms with Crippen molar-refractivity contribution in [3.8, 4) is 0 Å². The first kappa shape index (κ1) is 23.2. The molecule has 0 fully saturated rings. The summed E-state index contributed by atoms with van der Waals surface area (Å²) in [6.07, 6.45) is 0. The smallest absolute Gasteiger partial charge is 0.251 e. The lowest BCUT2D eigenvalue weighted by Crippen LogP contribution is -2.45. The Kier molecular flexibility index (Phi) is 7.03. The van der Waals surface area contributed by atoms with Crippen molar-refractivity contribution in [2.75, 3.05) is 25.2 Å². The van der Waals surface area contributed by atoms with Crippen LogP contribution in [-0.4, -0.2) is 47.1 Å². The van der Waals surface area contributed by atoms with E-state index in [2.05, 4.69) is 15.6 Å². The van der Waals surface area contributed by atoms with Crippen molar-refractivity contribution in [1.82, 2.24) is 20.3 Å². The van der Waals surface area contributed by atoms with Crippen LogP contribution in [0.3, 0.4) is 0 Å². The first-order chi connectivity index (χ1) is 16.5. The lowest BCUT2D eigenvalue weighted by molar-refractivity contribution is -0.127. The molecule has 1 atom stereocenters. The highest BCUT2D eigenvalue weighted by Crippen LogP contribution is 2.30. The molecule has 0 bridgehead atoms. The average Bonchev–Trinajstić information content (AvgIpc) is 3.43. The summed E-state index contributed by atoms with van der Waals surface area (Å²) < 4.78 is 12.4. The van der Waals surface area contributed by atoms with Crippen LogP contribution in [-0.2, 0) is 20.9 Å². The first-order valence-corrected chi connectivity index (χ1v) is 11.0. The Morgan fingerprint density at radius 2 is 1.94 bits per heavy atom. The number of benzene rings is 2.